The summed E-state index contributed by atoms with van der Waals surface area (Å²) in [5, 5.41) is 1.09. The lowest BCUT2D eigenvalue weighted by Gasteiger charge is -2.25. The molecule has 3 aromatic rings. The fourth-order valence-electron chi connectivity index (χ4n) is 3.78. The van der Waals surface area contributed by atoms with Crippen LogP contribution in [0.15, 0.2) is 59.2 Å². The van der Waals surface area contributed by atoms with Gasteiger partial charge in [-0.2, -0.15) is 0 Å². The normalized spacial score (nSPS) is 17.0. The molecule has 1 atom stereocenters. The minimum Gasteiger partial charge on any atom is -0.497 e. The largest absolute Gasteiger partial charge is 0.497 e. The predicted molar refractivity (Wildman–Crippen MR) is 106 cm³/mol. The molecule has 4 nitrogen and oxygen atoms in total. The van der Waals surface area contributed by atoms with E-state index in [0.717, 1.165) is 40.5 Å². The monoisotopic (exact) mass is 412 g/mol. The molecular weight excluding hydrogens is 392 g/mol. The number of hydrogen-bond acceptors (Lipinski definition) is 2. The van der Waals surface area contributed by atoms with Crippen molar-refractivity contribution in [2.45, 2.75) is 25.4 Å². The van der Waals surface area contributed by atoms with Gasteiger partial charge in [0.15, 0.2) is 0 Å². The van der Waals surface area contributed by atoms with Gasteiger partial charge < -0.3 is 14.2 Å². The fourth-order valence-corrected chi connectivity index (χ4v) is 4.04. The molecule has 2 aromatic carbocycles. The Morgan fingerprint density at radius 2 is 2.00 bits per heavy atom. The molecule has 1 amide bonds. The number of rotatable bonds is 4. The summed E-state index contributed by atoms with van der Waals surface area (Å²) < 4.78 is 8.36. The number of nitrogens with zero attached hydrogens (tertiary/aromatic N) is 2. The summed E-state index contributed by atoms with van der Waals surface area (Å²) in [4.78, 5) is 15.0. The van der Waals surface area contributed by atoms with Gasteiger partial charge in [-0.1, -0.05) is 28.1 Å². The van der Waals surface area contributed by atoms with Crippen LogP contribution in [-0.2, 0) is 11.3 Å². The maximum Gasteiger partial charge on any atom is 0.243 e. The summed E-state index contributed by atoms with van der Waals surface area (Å²) in [5.74, 6) is 1.00. The average Bonchev–Trinajstić information content (AvgIpc) is 3.29. The van der Waals surface area contributed by atoms with Crippen LogP contribution >= 0.6 is 15.9 Å². The maximum absolute atomic E-state index is 13.0. The molecular formula is C21H21BrN2O2. The zero-order valence-electron chi connectivity index (χ0n) is 14.7. The van der Waals surface area contributed by atoms with Crippen molar-refractivity contribution < 1.29 is 9.53 Å². The fraction of sp³-hybridized carbons (Fsp3) is 0.286. The van der Waals surface area contributed by atoms with Crippen molar-refractivity contribution in [3.8, 4) is 5.75 Å². The van der Waals surface area contributed by atoms with Gasteiger partial charge >= 0.3 is 0 Å². The minimum atomic E-state index is 0.170. The van der Waals surface area contributed by atoms with Gasteiger partial charge in [-0.25, -0.2) is 0 Å². The van der Waals surface area contributed by atoms with Crippen molar-refractivity contribution >= 4 is 32.7 Å². The maximum atomic E-state index is 13.0. The number of aromatic nitrogens is 1. The molecule has 1 unspecified atom stereocenters. The number of amides is 1. The van der Waals surface area contributed by atoms with Gasteiger partial charge in [0.25, 0.3) is 0 Å². The standard InChI is InChI=1S/C21H21BrN2O2/c1-26-18-8-9-19-16(13-18)10-12-23(19)14-21(25)24-11-2-3-20(24)15-4-6-17(22)7-5-15/h4-10,12-13,20H,2-3,11,14H2,1H3. The van der Waals surface area contributed by atoms with E-state index in [-0.39, 0.29) is 11.9 Å². The quantitative estimate of drug-likeness (QED) is 0.617. The van der Waals surface area contributed by atoms with Crippen LogP contribution in [0.4, 0.5) is 0 Å². The topological polar surface area (TPSA) is 34.5 Å². The number of fused-ring (bicyclic) bond motifs is 1. The van der Waals surface area contributed by atoms with Gasteiger partial charge in [0.05, 0.1) is 13.2 Å². The Morgan fingerprint density at radius 1 is 1.19 bits per heavy atom. The number of likely N-dealkylation sites (tertiary alicyclic amines) is 1. The lowest BCUT2D eigenvalue weighted by atomic mass is 10.0. The highest BCUT2D eigenvalue weighted by Crippen LogP contribution is 2.33. The second-order valence-corrected chi connectivity index (χ2v) is 7.58. The van der Waals surface area contributed by atoms with Gasteiger partial charge in [0.1, 0.15) is 12.3 Å². The van der Waals surface area contributed by atoms with Crippen molar-refractivity contribution in [3.05, 3.63) is 64.8 Å². The summed E-state index contributed by atoms with van der Waals surface area (Å²) in [6.07, 6.45) is 4.06. The molecule has 0 saturated carbocycles. The molecule has 1 aromatic heterocycles. The summed E-state index contributed by atoms with van der Waals surface area (Å²) in [6, 6.07) is 16.5. The Hall–Kier alpha value is -2.27. The van der Waals surface area contributed by atoms with Gasteiger partial charge in [0, 0.05) is 28.1 Å². The Bertz CT molecular complexity index is 933. The van der Waals surface area contributed by atoms with E-state index in [0.29, 0.717) is 6.54 Å². The minimum absolute atomic E-state index is 0.170. The van der Waals surface area contributed by atoms with Crippen molar-refractivity contribution in [1.29, 1.82) is 0 Å². The van der Waals surface area contributed by atoms with Gasteiger partial charge in [-0.3, -0.25) is 4.79 Å². The summed E-state index contributed by atoms with van der Waals surface area (Å²) in [7, 11) is 1.66. The number of benzene rings is 2. The summed E-state index contributed by atoms with van der Waals surface area (Å²) in [5.41, 5.74) is 2.26. The number of halogens is 1. The Kier molecular flexibility index (Phi) is 4.72. The second kappa shape index (κ2) is 7.16. The van der Waals surface area contributed by atoms with Crippen molar-refractivity contribution in [3.63, 3.8) is 0 Å². The van der Waals surface area contributed by atoms with Crippen LogP contribution in [0.1, 0.15) is 24.4 Å². The SMILES string of the molecule is COc1ccc2c(ccn2CC(=O)N2CCCC2c2ccc(Br)cc2)c1. The van der Waals surface area contributed by atoms with E-state index >= 15 is 0 Å². The smallest absolute Gasteiger partial charge is 0.243 e. The summed E-state index contributed by atoms with van der Waals surface area (Å²) >= 11 is 3.48. The van der Waals surface area contributed by atoms with E-state index in [1.807, 2.05) is 52.1 Å². The molecule has 0 bridgehead atoms. The van der Waals surface area contributed by atoms with Crippen molar-refractivity contribution in [2.24, 2.45) is 0 Å². The molecule has 0 spiro atoms. The van der Waals surface area contributed by atoms with Crippen LogP contribution in [-0.4, -0.2) is 29.0 Å². The lowest BCUT2D eigenvalue weighted by Crippen LogP contribution is -2.33. The lowest BCUT2D eigenvalue weighted by molar-refractivity contribution is -0.132. The highest BCUT2D eigenvalue weighted by Gasteiger charge is 2.29. The molecule has 1 saturated heterocycles. The third kappa shape index (κ3) is 3.23. The molecule has 2 heterocycles. The predicted octanol–water partition coefficient (Wildman–Crippen LogP) is 4.78. The number of carbonyl (C=O) groups is 1. The molecule has 1 aliphatic rings. The van der Waals surface area contributed by atoms with E-state index in [1.54, 1.807) is 7.11 Å². The Balaban J connectivity index is 1.55. The first-order chi connectivity index (χ1) is 12.7. The van der Waals surface area contributed by atoms with E-state index in [2.05, 4.69) is 28.1 Å². The van der Waals surface area contributed by atoms with Crippen LogP contribution in [0, 0.1) is 0 Å². The number of hydrogen-bond donors (Lipinski definition) is 0. The molecule has 5 heteroatoms. The third-order valence-electron chi connectivity index (χ3n) is 5.11. The van der Waals surface area contributed by atoms with Gasteiger partial charge in [-0.15, -0.1) is 0 Å². The van der Waals surface area contributed by atoms with E-state index < -0.39 is 0 Å². The third-order valence-corrected chi connectivity index (χ3v) is 5.64. The van der Waals surface area contributed by atoms with Crippen LogP contribution < -0.4 is 4.74 Å². The zero-order valence-corrected chi connectivity index (χ0v) is 16.3. The highest BCUT2D eigenvalue weighted by atomic mass is 79.9. The molecule has 1 fully saturated rings. The first-order valence-corrected chi connectivity index (χ1v) is 9.63. The molecule has 0 radical (unpaired) electrons. The molecule has 134 valence electrons. The molecule has 26 heavy (non-hydrogen) atoms. The molecule has 0 N–H and O–H groups in total. The summed E-state index contributed by atoms with van der Waals surface area (Å²) in [6.45, 7) is 1.19. The van der Waals surface area contributed by atoms with Crippen LogP contribution in [0.5, 0.6) is 5.75 Å². The Labute approximate surface area is 161 Å². The van der Waals surface area contributed by atoms with Gasteiger partial charge in [0.2, 0.25) is 5.91 Å². The average molecular weight is 413 g/mol. The van der Waals surface area contributed by atoms with Crippen LogP contribution in [0.2, 0.25) is 0 Å². The van der Waals surface area contributed by atoms with Crippen LogP contribution in [0.3, 0.4) is 0 Å². The number of ether oxygens (including phenoxy) is 1. The van der Waals surface area contributed by atoms with Gasteiger partial charge in [-0.05, 0) is 54.8 Å². The van der Waals surface area contributed by atoms with Crippen molar-refractivity contribution in [1.82, 2.24) is 9.47 Å². The first kappa shape index (κ1) is 17.2. The molecule has 1 aliphatic heterocycles. The number of carbonyl (C=O) groups excluding carboxylic acids is 1. The highest BCUT2D eigenvalue weighted by molar-refractivity contribution is 9.10. The van der Waals surface area contributed by atoms with E-state index in [4.69, 9.17) is 4.74 Å². The van der Waals surface area contributed by atoms with Crippen LogP contribution in [0.25, 0.3) is 10.9 Å². The zero-order chi connectivity index (χ0) is 18.1. The first-order valence-electron chi connectivity index (χ1n) is 8.83. The Morgan fingerprint density at radius 3 is 2.77 bits per heavy atom. The molecule has 0 aliphatic carbocycles. The molecule has 4 rings (SSSR count). The number of methoxy groups -OCH3 is 1. The van der Waals surface area contributed by atoms with E-state index in [9.17, 15) is 4.79 Å². The van der Waals surface area contributed by atoms with Crippen molar-refractivity contribution in [2.75, 3.05) is 13.7 Å². The second-order valence-electron chi connectivity index (χ2n) is 6.67. The van der Waals surface area contributed by atoms with E-state index in [1.165, 1.54) is 5.56 Å².